The number of aromatic nitrogens is 6. The van der Waals surface area contributed by atoms with Crippen LogP contribution in [0.5, 0.6) is 5.75 Å². The van der Waals surface area contributed by atoms with E-state index >= 15 is 0 Å². The van der Waals surface area contributed by atoms with Gasteiger partial charge in [-0.05, 0) is 35.5 Å². The fraction of sp³-hybridized carbons (Fsp3) is 0.238. The Balaban J connectivity index is 1.19. The highest BCUT2D eigenvalue weighted by molar-refractivity contribution is 5.99. The number of fused-ring (bicyclic) bond motifs is 2. The van der Waals surface area contributed by atoms with Crippen molar-refractivity contribution >= 4 is 22.8 Å². The molecule has 2 aliphatic heterocycles. The number of likely N-dealkylation sites (tertiary alicyclic amines) is 1. The number of benzene rings is 2. The van der Waals surface area contributed by atoms with Crippen molar-refractivity contribution in [2.45, 2.75) is 18.6 Å². The van der Waals surface area contributed by atoms with Crippen LogP contribution in [0.2, 0.25) is 0 Å². The van der Waals surface area contributed by atoms with E-state index in [-0.39, 0.29) is 11.8 Å². The average molecular weight is 430 g/mol. The Labute approximate surface area is 181 Å². The first-order valence-electron chi connectivity index (χ1n) is 10.2. The Bertz CT molecular complexity index is 1310. The molecule has 0 aliphatic carbocycles. The van der Waals surface area contributed by atoms with Crippen molar-refractivity contribution in [3.05, 3.63) is 53.9 Å². The predicted molar refractivity (Wildman–Crippen MR) is 112 cm³/mol. The summed E-state index contributed by atoms with van der Waals surface area (Å²) < 4.78 is 6.23. The van der Waals surface area contributed by atoms with Gasteiger partial charge in [-0.1, -0.05) is 12.1 Å². The van der Waals surface area contributed by atoms with Gasteiger partial charge in [0.15, 0.2) is 11.5 Å². The summed E-state index contributed by atoms with van der Waals surface area (Å²) in [6.07, 6.45) is 0.938. The van der Waals surface area contributed by atoms with Crippen molar-refractivity contribution in [1.29, 1.82) is 0 Å². The number of carbonyl (C=O) groups is 2. The van der Waals surface area contributed by atoms with Crippen LogP contribution >= 0.6 is 0 Å². The number of para-hydroxylation sites is 2. The van der Waals surface area contributed by atoms with Gasteiger partial charge in [0.2, 0.25) is 5.82 Å². The summed E-state index contributed by atoms with van der Waals surface area (Å²) in [5.41, 5.74) is 1.81. The van der Waals surface area contributed by atoms with Crippen molar-refractivity contribution in [3.63, 3.8) is 0 Å². The van der Waals surface area contributed by atoms with Crippen LogP contribution in [0.25, 0.3) is 22.4 Å². The molecule has 0 unspecified atom stereocenters. The molecule has 1 fully saturated rings. The minimum Gasteiger partial charge on any atom is -0.467 e. The molecular weight excluding hydrogens is 412 g/mol. The number of piperidine rings is 1. The molecule has 0 atom stereocenters. The van der Waals surface area contributed by atoms with Crippen LogP contribution < -0.4 is 10.1 Å². The van der Waals surface area contributed by atoms with Gasteiger partial charge < -0.3 is 19.9 Å². The minimum atomic E-state index is -0.845. The standard InChI is InChI=1S/C21H18N8O3/c30-19-13-11-12(17-25-27-28-26-17)5-6-16(13)32-21(24-19)7-9-29(10-8-21)20(31)18-22-14-3-1-2-4-15(14)23-18/h1-6,11H,7-10H2,(H,22,23)(H,24,30)(H,25,26,27,28). The lowest BCUT2D eigenvalue weighted by atomic mass is 9.96. The molecule has 6 rings (SSSR count). The van der Waals surface area contributed by atoms with E-state index in [4.69, 9.17) is 4.74 Å². The molecule has 1 saturated heterocycles. The van der Waals surface area contributed by atoms with Crippen molar-refractivity contribution in [3.8, 4) is 17.1 Å². The van der Waals surface area contributed by atoms with Gasteiger partial charge in [-0.25, -0.2) is 4.98 Å². The summed E-state index contributed by atoms with van der Waals surface area (Å²) in [5, 5.41) is 16.8. The maximum atomic E-state index is 12.9. The number of hydrogen-bond donors (Lipinski definition) is 3. The van der Waals surface area contributed by atoms with Gasteiger partial charge >= 0.3 is 0 Å². The van der Waals surface area contributed by atoms with Gasteiger partial charge in [-0.3, -0.25) is 9.59 Å². The molecule has 0 bridgehead atoms. The molecule has 1 spiro atoms. The number of H-pyrrole nitrogens is 2. The second-order valence-corrected chi connectivity index (χ2v) is 7.89. The monoisotopic (exact) mass is 430 g/mol. The van der Waals surface area contributed by atoms with Crippen LogP contribution in [0.15, 0.2) is 42.5 Å². The lowest BCUT2D eigenvalue weighted by Crippen LogP contribution is -2.61. The number of carbonyl (C=O) groups excluding carboxylic acids is 2. The van der Waals surface area contributed by atoms with E-state index in [1.807, 2.05) is 24.3 Å². The van der Waals surface area contributed by atoms with Gasteiger partial charge in [0, 0.05) is 31.5 Å². The van der Waals surface area contributed by atoms with Crippen molar-refractivity contribution in [2.24, 2.45) is 0 Å². The van der Waals surface area contributed by atoms with E-state index in [1.54, 1.807) is 23.1 Å². The molecule has 3 N–H and O–H groups in total. The highest BCUT2D eigenvalue weighted by Crippen LogP contribution is 2.35. The zero-order chi connectivity index (χ0) is 21.7. The Morgan fingerprint density at radius 1 is 1.12 bits per heavy atom. The minimum absolute atomic E-state index is 0.164. The molecule has 0 radical (unpaired) electrons. The first-order chi connectivity index (χ1) is 15.6. The number of imidazole rings is 1. The Hall–Kier alpha value is -4.28. The molecule has 2 aromatic carbocycles. The highest BCUT2D eigenvalue weighted by atomic mass is 16.5. The normalized spacial score (nSPS) is 17.1. The van der Waals surface area contributed by atoms with Crippen LogP contribution in [0, 0.1) is 0 Å². The third-order valence-electron chi connectivity index (χ3n) is 5.92. The highest BCUT2D eigenvalue weighted by Gasteiger charge is 2.43. The summed E-state index contributed by atoms with van der Waals surface area (Å²) in [5.74, 6) is 0.823. The summed E-state index contributed by atoms with van der Waals surface area (Å²) >= 11 is 0. The third kappa shape index (κ3) is 2.97. The zero-order valence-corrected chi connectivity index (χ0v) is 16.8. The molecule has 32 heavy (non-hydrogen) atoms. The smallest absolute Gasteiger partial charge is 0.289 e. The SMILES string of the molecule is O=C1NC2(CCN(C(=O)c3nc4ccccc4[nH]3)CC2)Oc2ccc(-c3nn[nH]n3)cc21. The number of hydrogen-bond acceptors (Lipinski definition) is 7. The van der Waals surface area contributed by atoms with Gasteiger partial charge in [0.1, 0.15) is 5.75 Å². The molecule has 2 aliphatic rings. The Morgan fingerprint density at radius 3 is 2.75 bits per heavy atom. The summed E-state index contributed by atoms with van der Waals surface area (Å²) in [7, 11) is 0. The summed E-state index contributed by atoms with van der Waals surface area (Å²) in [6.45, 7) is 0.874. The molecule has 11 nitrogen and oxygen atoms in total. The summed E-state index contributed by atoms with van der Waals surface area (Å²) in [4.78, 5) is 35.0. The van der Waals surface area contributed by atoms with E-state index in [1.165, 1.54) is 0 Å². The van der Waals surface area contributed by atoms with E-state index in [9.17, 15) is 9.59 Å². The van der Waals surface area contributed by atoms with Crippen LogP contribution in [0.4, 0.5) is 0 Å². The first kappa shape index (κ1) is 18.5. The molecule has 4 heterocycles. The molecule has 4 aromatic rings. The lowest BCUT2D eigenvalue weighted by molar-refractivity contribution is -0.0247. The molecular formula is C21H18N8O3. The van der Waals surface area contributed by atoms with Crippen LogP contribution in [0.1, 0.15) is 33.8 Å². The quantitative estimate of drug-likeness (QED) is 0.437. The fourth-order valence-electron chi connectivity index (χ4n) is 4.23. The van der Waals surface area contributed by atoms with Gasteiger partial charge in [0.05, 0.1) is 16.6 Å². The van der Waals surface area contributed by atoms with Gasteiger partial charge in [-0.2, -0.15) is 5.21 Å². The molecule has 11 heteroatoms. The Morgan fingerprint density at radius 2 is 1.97 bits per heavy atom. The van der Waals surface area contributed by atoms with E-state index < -0.39 is 5.72 Å². The molecule has 0 saturated carbocycles. The van der Waals surface area contributed by atoms with E-state index in [0.29, 0.717) is 54.5 Å². The maximum Gasteiger partial charge on any atom is 0.289 e. The molecule has 2 amide bonds. The van der Waals surface area contributed by atoms with Gasteiger partial charge in [0.25, 0.3) is 11.8 Å². The topological polar surface area (TPSA) is 142 Å². The van der Waals surface area contributed by atoms with Crippen LogP contribution in [-0.2, 0) is 0 Å². The van der Waals surface area contributed by atoms with Crippen LogP contribution in [-0.4, -0.2) is 66.1 Å². The second kappa shape index (κ2) is 6.87. The number of rotatable bonds is 2. The number of amides is 2. The van der Waals surface area contributed by atoms with Crippen molar-refractivity contribution < 1.29 is 14.3 Å². The Kier molecular flexibility index (Phi) is 3.97. The molecule has 160 valence electrons. The zero-order valence-electron chi connectivity index (χ0n) is 16.8. The lowest BCUT2D eigenvalue weighted by Gasteiger charge is -2.44. The summed E-state index contributed by atoms with van der Waals surface area (Å²) in [6, 6.07) is 12.7. The van der Waals surface area contributed by atoms with E-state index in [2.05, 4.69) is 35.9 Å². The number of nitrogens with one attached hydrogen (secondary N) is 3. The fourth-order valence-corrected chi connectivity index (χ4v) is 4.23. The number of aromatic amines is 2. The number of ether oxygens (including phenoxy) is 1. The van der Waals surface area contributed by atoms with Crippen molar-refractivity contribution in [2.75, 3.05) is 13.1 Å². The third-order valence-corrected chi connectivity index (χ3v) is 5.92. The molecule has 2 aromatic heterocycles. The van der Waals surface area contributed by atoms with Gasteiger partial charge in [-0.15, -0.1) is 10.2 Å². The average Bonchev–Trinajstić information content (AvgIpc) is 3.49. The number of tetrazole rings is 1. The largest absolute Gasteiger partial charge is 0.467 e. The van der Waals surface area contributed by atoms with E-state index in [0.717, 1.165) is 11.0 Å². The van der Waals surface area contributed by atoms with Crippen LogP contribution in [0.3, 0.4) is 0 Å². The second-order valence-electron chi connectivity index (χ2n) is 7.89. The predicted octanol–water partition coefficient (Wildman–Crippen LogP) is 1.50. The van der Waals surface area contributed by atoms with Crippen molar-refractivity contribution in [1.82, 2.24) is 40.8 Å². The first-order valence-corrected chi connectivity index (χ1v) is 10.2. The number of nitrogens with zero attached hydrogens (tertiary/aromatic N) is 5. The maximum absolute atomic E-state index is 12.9.